The molecule has 1 aliphatic heterocycles. The van der Waals surface area contributed by atoms with Crippen molar-refractivity contribution < 1.29 is 14.3 Å². The highest BCUT2D eigenvalue weighted by Gasteiger charge is 2.24. The Labute approximate surface area is 145 Å². The van der Waals surface area contributed by atoms with Crippen LogP contribution in [0.2, 0.25) is 0 Å². The number of anilines is 1. The zero-order valence-corrected chi connectivity index (χ0v) is 14.6. The molecule has 24 heavy (non-hydrogen) atoms. The number of aromatic nitrogens is 1. The van der Waals surface area contributed by atoms with E-state index in [0.717, 1.165) is 29.2 Å². The fourth-order valence-electron chi connectivity index (χ4n) is 2.85. The van der Waals surface area contributed by atoms with Gasteiger partial charge in [0.25, 0.3) is 5.91 Å². The molecule has 1 atom stereocenters. The summed E-state index contributed by atoms with van der Waals surface area (Å²) in [6.07, 6.45) is 1.54. The summed E-state index contributed by atoms with van der Waals surface area (Å²) in [7, 11) is 1.64. The maximum atomic E-state index is 12.4. The van der Waals surface area contributed by atoms with Crippen LogP contribution in [0.4, 0.5) is 5.13 Å². The van der Waals surface area contributed by atoms with Gasteiger partial charge in [-0.05, 0) is 24.5 Å². The molecule has 0 fully saturated rings. The van der Waals surface area contributed by atoms with Gasteiger partial charge in [0.2, 0.25) is 0 Å². The first-order chi connectivity index (χ1) is 11.6. The van der Waals surface area contributed by atoms with Crippen molar-refractivity contribution in [1.29, 1.82) is 0 Å². The molecule has 3 rings (SSSR count). The van der Waals surface area contributed by atoms with Crippen molar-refractivity contribution in [2.24, 2.45) is 5.92 Å². The molecule has 0 aliphatic carbocycles. The number of rotatable bonds is 5. The molecule has 0 spiro atoms. The van der Waals surface area contributed by atoms with Crippen molar-refractivity contribution in [3.8, 4) is 11.5 Å². The van der Waals surface area contributed by atoms with Crippen LogP contribution in [0.25, 0.3) is 0 Å². The Morgan fingerprint density at radius 1 is 1.54 bits per heavy atom. The van der Waals surface area contributed by atoms with Gasteiger partial charge in [-0.15, -0.1) is 0 Å². The van der Waals surface area contributed by atoms with Crippen LogP contribution in [0, 0.1) is 5.92 Å². The molecule has 1 aromatic heterocycles. The first-order valence-corrected chi connectivity index (χ1v) is 8.76. The third kappa shape index (κ3) is 3.31. The van der Waals surface area contributed by atoms with Gasteiger partial charge in [0, 0.05) is 12.5 Å². The molecule has 0 saturated carbocycles. The number of amides is 1. The van der Waals surface area contributed by atoms with Crippen LogP contribution in [0.15, 0.2) is 18.2 Å². The van der Waals surface area contributed by atoms with E-state index >= 15 is 0 Å². The molecule has 0 saturated heterocycles. The fraction of sp³-hybridized carbons (Fsp3) is 0.412. The standard InChI is InChI=1S/C17H21N3O3S/c1-3-12-15(24-17(18)20-12)16(21)19-8-10-7-11-5-4-6-13(22-2)14(11)23-9-10/h4-6,10H,3,7-9H2,1-2H3,(H2,18,20)(H,19,21)/t10-/m1/s1. The van der Waals surface area contributed by atoms with Gasteiger partial charge in [0.15, 0.2) is 16.6 Å². The monoisotopic (exact) mass is 347 g/mol. The number of nitrogen functional groups attached to an aromatic ring is 1. The van der Waals surface area contributed by atoms with Crippen LogP contribution in [0.3, 0.4) is 0 Å². The van der Waals surface area contributed by atoms with E-state index in [4.69, 9.17) is 15.2 Å². The van der Waals surface area contributed by atoms with Gasteiger partial charge in [-0.1, -0.05) is 30.4 Å². The largest absolute Gasteiger partial charge is 0.493 e. The number of fused-ring (bicyclic) bond motifs is 1. The number of methoxy groups -OCH3 is 1. The van der Waals surface area contributed by atoms with Crippen LogP contribution in [0.5, 0.6) is 11.5 Å². The average molecular weight is 347 g/mol. The van der Waals surface area contributed by atoms with E-state index in [2.05, 4.69) is 10.3 Å². The highest BCUT2D eigenvalue weighted by atomic mass is 32.1. The van der Waals surface area contributed by atoms with Crippen LogP contribution in [0.1, 0.15) is 27.9 Å². The minimum Gasteiger partial charge on any atom is -0.493 e. The third-order valence-corrected chi connectivity index (χ3v) is 4.98. The molecule has 1 amide bonds. The van der Waals surface area contributed by atoms with Gasteiger partial charge in [0.05, 0.1) is 19.4 Å². The summed E-state index contributed by atoms with van der Waals surface area (Å²) in [6.45, 7) is 3.07. The van der Waals surface area contributed by atoms with Gasteiger partial charge in [-0.25, -0.2) is 4.98 Å². The van der Waals surface area contributed by atoms with Crippen molar-refractivity contribution in [3.05, 3.63) is 34.3 Å². The molecule has 6 nitrogen and oxygen atoms in total. The van der Waals surface area contributed by atoms with Crippen molar-refractivity contribution >= 4 is 22.4 Å². The lowest BCUT2D eigenvalue weighted by Crippen LogP contribution is -2.34. The highest BCUT2D eigenvalue weighted by Crippen LogP contribution is 2.35. The number of aryl methyl sites for hydroxylation is 1. The molecule has 0 bridgehead atoms. The summed E-state index contributed by atoms with van der Waals surface area (Å²) in [4.78, 5) is 17.2. The first kappa shape index (κ1) is 16.6. The molecule has 0 radical (unpaired) electrons. The molecule has 3 N–H and O–H groups in total. The molecular weight excluding hydrogens is 326 g/mol. The lowest BCUT2D eigenvalue weighted by Gasteiger charge is -2.26. The Balaban J connectivity index is 1.62. The minimum atomic E-state index is -0.113. The van der Waals surface area contributed by atoms with Gasteiger partial charge in [0.1, 0.15) is 4.88 Å². The summed E-state index contributed by atoms with van der Waals surface area (Å²) in [5.74, 6) is 1.68. The maximum Gasteiger partial charge on any atom is 0.263 e. The number of nitrogens with zero attached hydrogens (tertiary/aromatic N) is 1. The SMILES string of the molecule is CCc1nc(N)sc1C(=O)NC[C@@H]1COc2c(cccc2OC)C1. The second-order valence-electron chi connectivity index (χ2n) is 5.72. The van der Waals surface area contributed by atoms with Crippen LogP contribution in [-0.4, -0.2) is 31.2 Å². The van der Waals surface area contributed by atoms with Crippen molar-refractivity contribution in [2.45, 2.75) is 19.8 Å². The second kappa shape index (κ2) is 7.09. The number of benzene rings is 1. The van der Waals surface area contributed by atoms with Crippen LogP contribution < -0.4 is 20.5 Å². The minimum absolute atomic E-state index is 0.113. The van der Waals surface area contributed by atoms with Gasteiger partial charge < -0.3 is 20.5 Å². The number of nitrogens with two attached hydrogens (primary N) is 1. The van der Waals surface area contributed by atoms with Gasteiger partial charge in [-0.2, -0.15) is 0 Å². The lowest BCUT2D eigenvalue weighted by molar-refractivity contribution is 0.0941. The summed E-state index contributed by atoms with van der Waals surface area (Å²) < 4.78 is 11.2. The molecule has 2 aromatic rings. The zero-order valence-electron chi connectivity index (χ0n) is 13.8. The van der Waals surface area contributed by atoms with E-state index in [1.807, 2.05) is 25.1 Å². The number of ether oxygens (including phenoxy) is 2. The molecule has 128 valence electrons. The summed E-state index contributed by atoms with van der Waals surface area (Å²) in [6, 6.07) is 5.88. The first-order valence-electron chi connectivity index (χ1n) is 7.94. The number of thiazole rings is 1. The number of para-hydroxylation sites is 1. The highest BCUT2D eigenvalue weighted by molar-refractivity contribution is 7.17. The summed E-state index contributed by atoms with van der Waals surface area (Å²) in [5, 5.41) is 3.41. The normalized spacial score (nSPS) is 16.2. The number of nitrogens with one attached hydrogen (secondary N) is 1. The second-order valence-corrected chi connectivity index (χ2v) is 6.75. The molecule has 7 heteroatoms. The Morgan fingerprint density at radius 3 is 3.12 bits per heavy atom. The van der Waals surface area contributed by atoms with Crippen molar-refractivity contribution in [3.63, 3.8) is 0 Å². The van der Waals surface area contributed by atoms with Crippen molar-refractivity contribution in [1.82, 2.24) is 10.3 Å². The van der Waals surface area contributed by atoms with E-state index in [9.17, 15) is 4.79 Å². The van der Waals surface area contributed by atoms with E-state index in [-0.39, 0.29) is 11.8 Å². The van der Waals surface area contributed by atoms with E-state index < -0.39 is 0 Å². The number of hydrogen-bond donors (Lipinski definition) is 2. The van der Waals surface area contributed by atoms with E-state index in [1.165, 1.54) is 11.3 Å². The Kier molecular flexibility index (Phi) is 4.89. The lowest BCUT2D eigenvalue weighted by atomic mass is 9.96. The molecule has 0 unspecified atom stereocenters. The zero-order chi connectivity index (χ0) is 17.1. The summed E-state index contributed by atoms with van der Waals surface area (Å²) >= 11 is 1.23. The van der Waals surface area contributed by atoms with Gasteiger partial charge >= 0.3 is 0 Å². The molecule has 2 heterocycles. The number of carbonyl (C=O) groups is 1. The Hall–Kier alpha value is -2.28. The molecule has 1 aromatic carbocycles. The third-order valence-electron chi connectivity index (χ3n) is 4.06. The van der Waals surface area contributed by atoms with Crippen LogP contribution >= 0.6 is 11.3 Å². The quantitative estimate of drug-likeness (QED) is 0.866. The smallest absolute Gasteiger partial charge is 0.263 e. The van der Waals surface area contributed by atoms with E-state index in [1.54, 1.807) is 7.11 Å². The average Bonchev–Trinajstić information content (AvgIpc) is 2.99. The predicted molar refractivity (Wildman–Crippen MR) is 93.9 cm³/mol. The molecule has 1 aliphatic rings. The maximum absolute atomic E-state index is 12.4. The number of carbonyl (C=O) groups excluding carboxylic acids is 1. The van der Waals surface area contributed by atoms with Gasteiger partial charge in [-0.3, -0.25) is 4.79 Å². The summed E-state index contributed by atoms with van der Waals surface area (Å²) in [5.41, 5.74) is 7.57. The predicted octanol–water partition coefficient (Wildman–Crippen LogP) is 2.28. The van der Waals surface area contributed by atoms with Crippen LogP contribution in [-0.2, 0) is 12.8 Å². The van der Waals surface area contributed by atoms with E-state index in [0.29, 0.717) is 29.6 Å². The fourth-order valence-corrected chi connectivity index (χ4v) is 3.69. The molecular formula is C17H21N3O3S. The topological polar surface area (TPSA) is 86.5 Å². The number of hydrogen-bond acceptors (Lipinski definition) is 6. The Bertz CT molecular complexity index is 745. The van der Waals surface area contributed by atoms with Crippen molar-refractivity contribution in [2.75, 3.05) is 26.0 Å². The Morgan fingerprint density at radius 2 is 2.38 bits per heavy atom.